The summed E-state index contributed by atoms with van der Waals surface area (Å²) in [4.78, 5) is 11.0. The number of nitrogens with one attached hydrogen (secondary N) is 1. The summed E-state index contributed by atoms with van der Waals surface area (Å²) in [6.45, 7) is 2.45. The zero-order valence-electron chi connectivity index (χ0n) is 9.87. The van der Waals surface area contributed by atoms with E-state index in [9.17, 15) is 13.6 Å². The van der Waals surface area contributed by atoms with Gasteiger partial charge in [-0.3, -0.25) is 4.79 Å². The molecule has 1 aromatic carbocycles. The second-order valence-corrected chi connectivity index (χ2v) is 4.29. The topological polar surface area (TPSA) is 64.3 Å². The fourth-order valence-electron chi connectivity index (χ4n) is 1.97. The van der Waals surface area contributed by atoms with E-state index in [0.29, 0.717) is 12.7 Å². The van der Waals surface area contributed by atoms with Gasteiger partial charge in [-0.25, -0.2) is 8.78 Å². The predicted molar refractivity (Wildman–Crippen MR) is 62.3 cm³/mol. The van der Waals surface area contributed by atoms with Crippen LogP contribution in [0.5, 0.6) is 0 Å². The van der Waals surface area contributed by atoms with Gasteiger partial charge in [-0.05, 0) is 19.4 Å². The van der Waals surface area contributed by atoms with Gasteiger partial charge in [0.2, 0.25) is 0 Å². The van der Waals surface area contributed by atoms with E-state index < -0.39 is 17.5 Å². The molecular weight excluding hydrogens is 242 g/mol. The maximum absolute atomic E-state index is 13.6. The number of ether oxygens (including phenoxy) is 1. The molecule has 4 nitrogen and oxygen atoms in total. The van der Waals surface area contributed by atoms with Crippen molar-refractivity contribution in [1.29, 1.82) is 0 Å². The number of amides is 1. The Hall–Kier alpha value is -1.69. The van der Waals surface area contributed by atoms with Crippen LogP contribution in [0.15, 0.2) is 12.1 Å². The third kappa shape index (κ3) is 2.43. The highest BCUT2D eigenvalue weighted by Gasteiger charge is 2.25. The molecule has 1 heterocycles. The van der Waals surface area contributed by atoms with Crippen molar-refractivity contribution in [2.75, 3.05) is 11.9 Å². The molecule has 0 aliphatic carbocycles. The molecule has 0 aromatic heterocycles. The van der Waals surface area contributed by atoms with E-state index in [1.165, 1.54) is 0 Å². The lowest BCUT2D eigenvalue weighted by Gasteiger charge is -2.18. The second-order valence-electron chi connectivity index (χ2n) is 4.29. The molecule has 0 radical (unpaired) electrons. The summed E-state index contributed by atoms with van der Waals surface area (Å²) in [6.07, 6.45) is 0.663. The number of benzene rings is 1. The summed E-state index contributed by atoms with van der Waals surface area (Å²) >= 11 is 0. The number of rotatable bonds is 3. The first kappa shape index (κ1) is 12.8. The van der Waals surface area contributed by atoms with Gasteiger partial charge in [-0.2, -0.15) is 0 Å². The number of hydrogen-bond acceptors (Lipinski definition) is 3. The highest BCUT2D eigenvalue weighted by Crippen LogP contribution is 2.23. The van der Waals surface area contributed by atoms with Crippen LogP contribution in [0, 0.1) is 11.6 Å². The summed E-state index contributed by atoms with van der Waals surface area (Å²) in [5.41, 5.74) is 4.75. The van der Waals surface area contributed by atoms with Gasteiger partial charge in [0.15, 0.2) is 0 Å². The molecule has 1 aromatic rings. The van der Waals surface area contributed by atoms with Crippen LogP contribution in [0.25, 0.3) is 0 Å². The Balaban J connectivity index is 2.27. The van der Waals surface area contributed by atoms with E-state index in [1.54, 1.807) is 0 Å². The van der Waals surface area contributed by atoms with E-state index in [1.807, 2.05) is 6.92 Å². The maximum Gasteiger partial charge on any atom is 0.251 e. The number of nitrogens with two attached hydrogens (primary N) is 1. The van der Waals surface area contributed by atoms with Gasteiger partial charge in [0.25, 0.3) is 5.91 Å². The lowest BCUT2D eigenvalue weighted by atomic mass is 10.1. The van der Waals surface area contributed by atoms with Gasteiger partial charge >= 0.3 is 0 Å². The Morgan fingerprint density at radius 1 is 1.44 bits per heavy atom. The normalized spacial score (nSPS) is 23.1. The first-order valence-corrected chi connectivity index (χ1v) is 5.66. The largest absolute Gasteiger partial charge is 0.377 e. The summed E-state index contributed by atoms with van der Waals surface area (Å²) in [5, 5.41) is 2.91. The molecule has 0 spiro atoms. The van der Waals surface area contributed by atoms with Crippen molar-refractivity contribution in [2.45, 2.75) is 25.5 Å². The molecule has 1 amide bonds. The van der Waals surface area contributed by atoms with Crippen LogP contribution >= 0.6 is 0 Å². The standard InChI is InChI=1S/C12H14F2N2O2/c1-6-10(2-3-18-6)16-11-4-7(12(15)17)8(13)5-9(11)14/h4-6,10,16H,2-3H2,1H3,(H2,15,17). The number of carbonyl (C=O) groups excluding carboxylic acids is 1. The number of anilines is 1. The van der Waals surface area contributed by atoms with E-state index >= 15 is 0 Å². The number of halogens is 2. The highest BCUT2D eigenvalue weighted by molar-refractivity contribution is 5.94. The summed E-state index contributed by atoms with van der Waals surface area (Å²) in [6, 6.07) is 1.69. The van der Waals surface area contributed by atoms with E-state index in [2.05, 4.69) is 5.32 Å². The van der Waals surface area contributed by atoms with Crippen molar-refractivity contribution in [1.82, 2.24) is 0 Å². The highest BCUT2D eigenvalue weighted by atomic mass is 19.1. The molecule has 1 saturated heterocycles. The zero-order valence-corrected chi connectivity index (χ0v) is 9.87. The third-order valence-corrected chi connectivity index (χ3v) is 3.04. The van der Waals surface area contributed by atoms with Gasteiger partial charge < -0.3 is 15.8 Å². The summed E-state index contributed by atoms with van der Waals surface area (Å²) in [7, 11) is 0. The Morgan fingerprint density at radius 3 is 2.72 bits per heavy atom. The minimum Gasteiger partial charge on any atom is -0.377 e. The Bertz CT molecular complexity index is 479. The van der Waals surface area contributed by atoms with E-state index in [-0.39, 0.29) is 23.4 Å². The molecule has 6 heteroatoms. The molecule has 2 atom stereocenters. The number of primary amides is 1. The van der Waals surface area contributed by atoms with Gasteiger partial charge in [0.05, 0.1) is 23.4 Å². The minimum absolute atomic E-state index is 0.0625. The smallest absolute Gasteiger partial charge is 0.251 e. The van der Waals surface area contributed by atoms with Crippen LogP contribution in [-0.4, -0.2) is 24.7 Å². The molecule has 98 valence electrons. The van der Waals surface area contributed by atoms with Gasteiger partial charge in [0.1, 0.15) is 11.6 Å². The van der Waals surface area contributed by atoms with Gasteiger partial charge in [-0.1, -0.05) is 0 Å². The fourth-order valence-corrected chi connectivity index (χ4v) is 1.97. The molecule has 2 unspecified atom stereocenters. The van der Waals surface area contributed by atoms with Crippen LogP contribution in [0.2, 0.25) is 0 Å². The average Bonchev–Trinajstić information content (AvgIpc) is 2.67. The number of hydrogen-bond donors (Lipinski definition) is 2. The van der Waals surface area contributed by atoms with Crippen LogP contribution in [0.4, 0.5) is 14.5 Å². The Morgan fingerprint density at radius 2 is 2.17 bits per heavy atom. The summed E-state index contributed by atoms with van der Waals surface area (Å²) in [5.74, 6) is -2.64. The molecule has 1 aliphatic rings. The predicted octanol–water partition coefficient (Wildman–Crippen LogP) is 1.65. The minimum atomic E-state index is -0.957. The van der Waals surface area contributed by atoms with E-state index in [0.717, 1.165) is 12.5 Å². The molecule has 0 bridgehead atoms. The number of carbonyl (C=O) groups is 1. The molecule has 1 aliphatic heterocycles. The van der Waals surface area contributed by atoms with Crippen LogP contribution in [-0.2, 0) is 4.74 Å². The van der Waals surface area contributed by atoms with E-state index in [4.69, 9.17) is 10.5 Å². The van der Waals surface area contributed by atoms with Crippen molar-refractivity contribution >= 4 is 11.6 Å². The quantitative estimate of drug-likeness (QED) is 0.864. The van der Waals surface area contributed by atoms with Crippen molar-refractivity contribution in [3.05, 3.63) is 29.3 Å². The average molecular weight is 256 g/mol. The zero-order chi connectivity index (χ0) is 13.3. The maximum atomic E-state index is 13.6. The molecule has 1 fully saturated rings. The molecule has 3 N–H and O–H groups in total. The fraction of sp³-hybridized carbons (Fsp3) is 0.417. The van der Waals surface area contributed by atoms with Crippen molar-refractivity contribution < 1.29 is 18.3 Å². The third-order valence-electron chi connectivity index (χ3n) is 3.04. The van der Waals surface area contributed by atoms with Crippen molar-refractivity contribution in [3.63, 3.8) is 0 Å². The first-order chi connectivity index (χ1) is 8.49. The molecule has 18 heavy (non-hydrogen) atoms. The van der Waals surface area contributed by atoms with Crippen LogP contribution < -0.4 is 11.1 Å². The second kappa shape index (κ2) is 4.89. The Kier molecular flexibility index (Phi) is 3.47. The molecular formula is C12H14F2N2O2. The van der Waals surface area contributed by atoms with Gasteiger partial charge in [-0.15, -0.1) is 0 Å². The Labute approximate surface area is 103 Å². The molecule has 2 rings (SSSR count). The lowest BCUT2D eigenvalue weighted by Crippen LogP contribution is -2.27. The van der Waals surface area contributed by atoms with Crippen molar-refractivity contribution in [3.8, 4) is 0 Å². The SMILES string of the molecule is CC1OCCC1Nc1cc(C(N)=O)c(F)cc1F. The molecule has 0 saturated carbocycles. The van der Waals surface area contributed by atoms with Crippen molar-refractivity contribution in [2.24, 2.45) is 5.73 Å². The van der Waals surface area contributed by atoms with Crippen LogP contribution in [0.1, 0.15) is 23.7 Å². The monoisotopic (exact) mass is 256 g/mol. The summed E-state index contributed by atoms with van der Waals surface area (Å²) < 4.78 is 32.2. The van der Waals surface area contributed by atoms with Crippen LogP contribution in [0.3, 0.4) is 0 Å². The first-order valence-electron chi connectivity index (χ1n) is 5.66. The lowest BCUT2D eigenvalue weighted by molar-refractivity contribution is 0.0996. The van der Waals surface area contributed by atoms with Gasteiger partial charge in [0, 0.05) is 12.7 Å².